The molecule has 0 aromatic heterocycles. The molecule has 0 radical (unpaired) electrons. The molecular weight excluding hydrogens is 393 g/mol. The van der Waals surface area contributed by atoms with Gasteiger partial charge in [-0.25, -0.2) is 4.79 Å². The van der Waals surface area contributed by atoms with Crippen LogP contribution in [0.3, 0.4) is 0 Å². The van der Waals surface area contributed by atoms with E-state index in [1.807, 2.05) is 65.6 Å². The van der Waals surface area contributed by atoms with Gasteiger partial charge in [-0.2, -0.15) is 0 Å². The average molecular weight is 414 g/mol. The van der Waals surface area contributed by atoms with Crippen LogP contribution in [0.5, 0.6) is 0 Å². The zero-order chi connectivity index (χ0) is 19.5. The summed E-state index contributed by atoms with van der Waals surface area (Å²) < 4.78 is 0. The van der Waals surface area contributed by atoms with E-state index < -0.39 is 0 Å². The van der Waals surface area contributed by atoms with Gasteiger partial charge in [0.25, 0.3) is 0 Å². The number of hydrogen-bond acceptors (Lipinski definition) is 2. The first-order valence-electron chi connectivity index (χ1n) is 9.30. The van der Waals surface area contributed by atoms with Gasteiger partial charge in [-0.3, -0.25) is 4.90 Å². The zero-order valence-corrected chi connectivity index (χ0v) is 16.9. The molecule has 1 N–H and O–H groups in total. The number of anilines is 1. The van der Waals surface area contributed by atoms with E-state index in [4.69, 9.17) is 23.2 Å². The van der Waals surface area contributed by atoms with E-state index in [-0.39, 0.29) is 6.03 Å². The number of fused-ring (bicyclic) bond motifs is 1. The standard InChI is InChI=1S/C22H21Cl2N3O/c23-19-9-8-16(14-20(19)24)15-26-10-12-27(13-11-26)22(28)25-21-7-3-5-17-4-1-2-6-18(17)21/h1-9,14H,10-13,15H2,(H,25,28). The molecule has 0 atom stereocenters. The summed E-state index contributed by atoms with van der Waals surface area (Å²) in [5.74, 6) is 0. The van der Waals surface area contributed by atoms with E-state index >= 15 is 0 Å². The number of carbonyl (C=O) groups is 1. The molecule has 6 heteroatoms. The lowest BCUT2D eigenvalue weighted by atomic mass is 10.1. The Kier molecular flexibility index (Phi) is 5.72. The second-order valence-electron chi connectivity index (χ2n) is 6.97. The molecule has 4 nitrogen and oxygen atoms in total. The number of hydrogen-bond donors (Lipinski definition) is 1. The smallest absolute Gasteiger partial charge is 0.321 e. The van der Waals surface area contributed by atoms with Crippen molar-refractivity contribution in [1.29, 1.82) is 0 Å². The SMILES string of the molecule is O=C(Nc1cccc2ccccc12)N1CCN(Cc2ccc(Cl)c(Cl)c2)CC1. The Balaban J connectivity index is 1.35. The van der Waals surface area contributed by atoms with Gasteiger partial charge >= 0.3 is 6.03 Å². The molecule has 1 fully saturated rings. The highest BCUT2D eigenvalue weighted by Crippen LogP contribution is 2.25. The summed E-state index contributed by atoms with van der Waals surface area (Å²) in [5, 5.41) is 6.38. The van der Waals surface area contributed by atoms with Gasteiger partial charge in [-0.05, 0) is 29.1 Å². The lowest BCUT2D eigenvalue weighted by Gasteiger charge is -2.34. The molecule has 1 heterocycles. The van der Waals surface area contributed by atoms with Crippen LogP contribution < -0.4 is 5.32 Å². The monoisotopic (exact) mass is 413 g/mol. The number of nitrogens with one attached hydrogen (secondary N) is 1. The minimum atomic E-state index is -0.0504. The van der Waals surface area contributed by atoms with Crippen LogP contribution in [0.2, 0.25) is 10.0 Å². The molecule has 28 heavy (non-hydrogen) atoms. The molecule has 3 aromatic carbocycles. The summed E-state index contributed by atoms with van der Waals surface area (Å²) in [7, 11) is 0. The Morgan fingerprint density at radius 2 is 1.64 bits per heavy atom. The van der Waals surface area contributed by atoms with Crippen molar-refractivity contribution in [2.45, 2.75) is 6.54 Å². The van der Waals surface area contributed by atoms with Gasteiger partial charge in [0.2, 0.25) is 0 Å². The quantitative estimate of drug-likeness (QED) is 0.615. The van der Waals surface area contributed by atoms with E-state index in [9.17, 15) is 4.79 Å². The summed E-state index contributed by atoms with van der Waals surface area (Å²) in [6.45, 7) is 3.83. The van der Waals surface area contributed by atoms with Gasteiger partial charge in [0.1, 0.15) is 0 Å². The van der Waals surface area contributed by atoms with Crippen molar-refractivity contribution >= 4 is 45.7 Å². The first kappa shape index (κ1) is 19.1. The van der Waals surface area contributed by atoms with Crippen LogP contribution in [0.15, 0.2) is 60.7 Å². The Bertz CT molecular complexity index is 995. The number of urea groups is 1. The average Bonchev–Trinajstić information content (AvgIpc) is 2.71. The molecule has 4 rings (SSSR count). The summed E-state index contributed by atoms with van der Waals surface area (Å²) in [5.41, 5.74) is 1.98. The molecule has 0 aliphatic carbocycles. The van der Waals surface area contributed by atoms with Crippen molar-refractivity contribution in [3.63, 3.8) is 0 Å². The molecule has 0 saturated carbocycles. The van der Waals surface area contributed by atoms with Crippen LogP contribution in [-0.2, 0) is 6.54 Å². The van der Waals surface area contributed by atoms with E-state index in [2.05, 4.69) is 10.2 Å². The topological polar surface area (TPSA) is 35.6 Å². The van der Waals surface area contributed by atoms with E-state index in [0.29, 0.717) is 23.1 Å². The summed E-state index contributed by atoms with van der Waals surface area (Å²) in [6, 6.07) is 19.7. The summed E-state index contributed by atoms with van der Waals surface area (Å²) >= 11 is 12.1. The molecule has 0 unspecified atom stereocenters. The maximum atomic E-state index is 12.7. The van der Waals surface area contributed by atoms with Crippen LogP contribution in [-0.4, -0.2) is 42.0 Å². The normalized spacial score (nSPS) is 15.0. The highest BCUT2D eigenvalue weighted by molar-refractivity contribution is 6.42. The van der Waals surface area contributed by atoms with E-state index in [1.165, 1.54) is 0 Å². The van der Waals surface area contributed by atoms with Crippen LogP contribution in [0.25, 0.3) is 10.8 Å². The van der Waals surface area contributed by atoms with Crippen molar-refractivity contribution in [3.8, 4) is 0 Å². The predicted octanol–water partition coefficient (Wildman–Crippen LogP) is 5.50. The number of halogens is 2. The van der Waals surface area contributed by atoms with Crippen molar-refractivity contribution in [3.05, 3.63) is 76.3 Å². The molecule has 144 valence electrons. The number of piperazine rings is 1. The van der Waals surface area contributed by atoms with Crippen molar-refractivity contribution in [1.82, 2.24) is 9.80 Å². The molecular formula is C22H21Cl2N3O. The van der Waals surface area contributed by atoms with Crippen molar-refractivity contribution < 1.29 is 4.79 Å². The third-order valence-electron chi connectivity index (χ3n) is 5.08. The van der Waals surface area contributed by atoms with Crippen LogP contribution in [0.1, 0.15) is 5.56 Å². The van der Waals surface area contributed by atoms with Gasteiger partial charge in [0.15, 0.2) is 0 Å². The second kappa shape index (κ2) is 8.39. The van der Waals surface area contributed by atoms with Crippen LogP contribution >= 0.6 is 23.2 Å². The number of amides is 2. The lowest BCUT2D eigenvalue weighted by molar-refractivity contribution is 0.143. The Morgan fingerprint density at radius 1 is 0.893 bits per heavy atom. The Hall–Kier alpha value is -2.27. The fraction of sp³-hybridized carbons (Fsp3) is 0.227. The molecule has 2 amide bonds. The molecule has 1 saturated heterocycles. The maximum Gasteiger partial charge on any atom is 0.321 e. The number of carbonyl (C=O) groups excluding carboxylic acids is 1. The number of nitrogens with zero attached hydrogens (tertiary/aromatic N) is 2. The van der Waals surface area contributed by atoms with Gasteiger partial charge in [0, 0.05) is 38.1 Å². The van der Waals surface area contributed by atoms with Gasteiger partial charge in [0.05, 0.1) is 15.7 Å². The predicted molar refractivity (Wildman–Crippen MR) is 116 cm³/mol. The molecule has 0 bridgehead atoms. The lowest BCUT2D eigenvalue weighted by Crippen LogP contribution is -2.49. The molecule has 1 aliphatic heterocycles. The number of benzene rings is 3. The van der Waals surface area contributed by atoms with Crippen molar-refractivity contribution in [2.75, 3.05) is 31.5 Å². The third-order valence-corrected chi connectivity index (χ3v) is 5.82. The zero-order valence-electron chi connectivity index (χ0n) is 15.4. The van der Waals surface area contributed by atoms with Gasteiger partial charge in [-0.15, -0.1) is 0 Å². The molecule has 1 aliphatic rings. The third kappa shape index (κ3) is 4.25. The largest absolute Gasteiger partial charge is 0.322 e. The fourth-order valence-electron chi connectivity index (χ4n) is 3.53. The molecule has 3 aromatic rings. The number of rotatable bonds is 3. The van der Waals surface area contributed by atoms with Gasteiger partial charge in [-0.1, -0.05) is 65.7 Å². The first-order valence-corrected chi connectivity index (χ1v) is 10.1. The Labute approximate surface area is 174 Å². The molecule has 0 spiro atoms. The first-order chi connectivity index (χ1) is 13.6. The second-order valence-corrected chi connectivity index (χ2v) is 7.78. The van der Waals surface area contributed by atoms with Crippen molar-refractivity contribution in [2.24, 2.45) is 0 Å². The Morgan fingerprint density at radius 3 is 2.43 bits per heavy atom. The van der Waals surface area contributed by atoms with Gasteiger partial charge < -0.3 is 10.2 Å². The summed E-state index contributed by atoms with van der Waals surface area (Å²) in [6.07, 6.45) is 0. The minimum Gasteiger partial charge on any atom is -0.322 e. The fourth-order valence-corrected chi connectivity index (χ4v) is 3.85. The minimum absolute atomic E-state index is 0.0504. The van der Waals surface area contributed by atoms with Crippen LogP contribution in [0, 0.1) is 0 Å². The van der Waals surface area contributed by atoms with E-state index in [1.54, 1.807) is 0 Å². The van der Waals surface area contributed by atoms with E-state index in [0.717, 1.165) is 41.7 Å². The highest BCUT2D eigenvalue weighted by atomic mass is 35.5. The maximum absolute atomic E-state index is 12.7. The summed E-state index contributed by atoms with van der Waals surface area (Å²) in [4.78, 5) is 16.9. The van der Waals surface area contributed by atoms with Crippen LogP contribution in [0.4, 0.5) is 10.5 Å². The highest BCUT2D eigenvalue weighted by Gasteiger charge is 2.21.